The summed E-state index contributed by atoms with van der Waals surface area (Å²) in [6.07, 6.45) is 0.583. The summed E-state index contributed by atoms with van der Waals surface area (Å²) >= 11 is 0. The number of H-pyrrole nitrogens is 2. The summed E-state index contributed by atoms with van der Waals surface area (Å²) in [5.41, 5.74) is 5.18. The minimum absolute atomic E-state index is 0.142. The normalized spacial score (nSPS) is 11.5. The Morgan fingerprint density at radius 1 is 0.971 bits per heavy atom. The van der Waals surface area contributed by atoms with Crippen molar-refractivity contribution in [3.63, 3.8) is 0 Å². The van der Waals surface area contributed by atoms with Crippen LogP contribution in [0.3, 0.4) is 0 Å². The lowest BCUT2D eigenvalue weighted by Crippen LogP contribution is -2.31. The molecule has 0 aliphatic carbocycles. The molecule has 0 unspecified atom stereocenters. The minimum Gasteiger partial charge on any atom is -0.356 e. The van der Waals surface area contributed by atoms with E-state index in [9.17, 15) is 14.0 Å². The van der Waals surface area contributed by atoms with Gasteiger partial charge < -0.3 is 25.5 Å². The standard InChI is InChI=1S/C26H30FN5O2/c1-15-5-7-20(27)24-23(15)19(16(2)30-24)9-10-28-26(34)22-14-18-13-17(6-8-21(18)31-22)25(33)29-11-12-32(3)4/h5-8,13-14,30-31H,9-12H2,1-4H3,(H,28,34)(H,29,33). The molecule has 7 nitrogen and oxygen atoms in total. The van der Waals surface area contributed by atoms with Crippen LogP contribution >= 0.6 is 0 Å². The Morgan fingerprint density at radius 2 is 1.74 bits per heavy atom. The van der Waals surface area contributed by atoms with Crippen LogP contribution in [0.15, 0.2) is 36.4 Å². The lowest BCUT2D eigenvalue weighted by Gasteiger charge is -2.10. The van der Waals surface area contributed by atoms with Gasteiger partial charge in [0.25, 0.3) is 11.8 Å². The van der Waals surface area contributed by atoms with Crippen molar-refractivity contribution in [2.75, 3.05) is 33.7 Å². The molecule has 2 amide bonds. The van der Waals surface area contributed by atoms with E-state index in [2.05, 4.69) is 20.6 Å². The molecule has 0 fully saturated rings. The van der Waals surface area contributed by atoms with Gasteiger partial charge in [-0.2, -0.15) is 0 Å². The van der Waals surface area contributed by atoms with Crippen LogP contribution < -0.4 is 10.6 Å². The lowest BCUT2D eigenvalue weighted by molar-refractivity contribution is 0.0942. The van der Waals surface area contributed by atoms with E-state index in [-0.39, 0.29) is 17.6 Å². The maximum atomic E-state index is 14.2. The van der Waals surface area contributed by atoms with Gasteiger partial charge in [0.05, 0.1) is 5.52 Å². The maximum Gasteiger partial charge on any atom is 0.267 e. The number of aromatic nitrogens is 2. The molecular weight excluding hydrogens is 433 g/mol. The van der Waals surface area contributed by atoms with E-state index in [4.69, 9.17) is 0 Å². The Hall–Kier alpha value is -3.65. The van der Waals surface area contributed by atoms with Gasteiger partial charge in [-0.25, -0.2) is 4.39 Å². The first kappa shape index (κ1) is 23.5. The first-order chi connectivity index (χ1) is 16.2. The third-order valence-corrected chi connectivity index (χ3v) is 6.06. The van der Waals surface area contributed by atoms with Gasteiger partial charge in [0.15, 0.2) is 0 Å². The molecule has 0 saturated heterocycles. The second-order valence-corrected chi connectivity index (χ2v) is 8.89. The molecule has 4 rings (SSSR count). The number of rotatable bonds is 8. The van der Waals surface area contributed by atoms with E-state index in [0.29, 0.717) is 36.3 Å². The number of benzene rings is 2. The predicted molar refractivity (Wildman–Crippen MR) is 133 cm³/mol. The number of hydrogen-bond donors (Lipinski definition) is 4. The molecule has 0 aliphatic rings. The fourth-order valence-electron chi connectivity index (χ4n) is 4.24. The van der Waals surface area contributed by atoms with Crippen LogP contribution in [0, 0.1) is 19.7 Å². The third-order valence-electron chi connectivity index (χ3n) is 6.06. The highest BCUT2D eigenvalue weighted by Gasteiger charge is 2.15. The monoisotopic (exact) mass is 463 g/mol. The zero-order valence-corrected chi connectivity index (χ0v) is 19.9. The number of amides is 2. The molecule has 178 valence electrons. The molecule has 2 aromatic heterocycles. The average Bonchev–Trinajstić information content (AvgIpc) is 3.37. The van der Waals surface area contributed by atoms with Crippen LogP contribution in [-0.2, 0) is 6.42 Å². The maximum absolute atomic E-state index is 14.2. The number of likely N-dealkylation sites (N-methyl/N-ethyl adjacent to an activating group) is 1. The van der Waals surface area contributed by atoms with E-state index in [1.165, 1.54) is 6.07 Å². The van der Waals surface area contributed by atoms with E-state index in [0.717, 1.165) is 39.7 Å². The minimum atomic E-state index is -0.275. The van der Waals surface area contributed by atoms with Gasteiger partial charge in [-0.3, -0.25) is 9.59 Å². The quantitative estimate of drug-likeness (QED) is 0.321. The van der Waals surface area contributed by atoms with E-state index in [1.54, 1.807) is 30.3 Å². The molecule has 2 aromatic carbocycles. The van der Waals surface area contributed by atoms with E-state index in [1.807, 2.05) is 32.8 Å². The molecule has 8 heteroatoms. The Kier molecular flexibility index (Phi) is 6.70. The number of carbonyl (C=O) groups excluding carboxylic acids is 2. The highest BCUT2D eigenvalue weighted by molar-refractivity contribution is 6.01. The van der Waals surface area contributed by atoms with Crippen LogP contribution in [-0.4, -0.2) is 60.4 Å². The van der Waals surface area contributed by atoms with Crippen molar-refractivity contribution in [2.45, 2.75) is 20.3 Å². The molecule has 0 aliphatic heterocycles. The molecule has 0 saturated carbocycles. The first-order valence-corrected chi connectivity index (χ1v) is 11.3. The zero-order chi connectivity index (χ0) is 24.4. The first-order valence-electron chi connectivity index (χ1n) is 11.3. The van der Waals surface area contributed by atoms with Gasteiger partial charge in [-0.1, -0.05) is 6.07 Å². The van der Waals surface area contributed by atoms with Crippen LogP contribution in [0.5, 0.6) is 0 Å². The van der Waals surface area contributed by atoms with Crippen molar-refractivity contribution in [1.82, 2.24) is 25.5 Å². The molecule has 0 atom stereocenters. The summed E-state index contributed by atoms with van der Waals surface area (Å²) < 4.78 is 14.2. The molecule has 4 N–H and O–H groups in total. The van der Waals surface area contributed by atoms with Crippen LogP contribution in [0.2, 0.25) is 0 Å². The highest BCUT2D eigenvalue weighted by Crippen LogP contribution is 2.28. The highest BCUT2D eigenvalue weighted by atomic mass is 19.1. The largest absolute Gasteiger partial charge is 0.356 e. The number of nitrogens with zero attached hydrogens (tertiary/aromatic N) is 1. The Balaban J connectivity index is 1.42. The van der Waals surface area contributed by atoms with E-state index < -0.39 is 0 Å². The topological polar surface area (TPSA) is 93.0 Å². The summed E-state index contributed by atoms with van der Waals surface area (Å²) in [5.74, 6) is -0.645. The number of carbonyl (C=O) groups is 2. The van der Waals surface area contributed by atoms with Crippen molar-refractivity contribution in [1.29, 1.82) is 0 Å². The molecular formula is C26H30FN5O2. The summed E-state index contributed by atoms with van der Waals surface area (Å²) in [6, 6.07) is 10.3. The number of halogens is 1. The van der Waals surface area contributed by atoms with Crippen molar-refractivity contribution < 1.29 is 14.0 Å². The Bertz CT molecular complexity index is 1370. The van der Waals surface area contributed by atoms with Crippen molar-refractivity contribution in [2.24, 2.45) is 0 Å². The van der Waals surface area contributed by atoms with Gasteiger partial charge in [-0.05, 0) is 75.8 Å². The predicted octanol–water partition coefficient (Wildman–Crippen LogP) is 3.67. The molecule has 2 heterocycles. The molecule has 0 spiro atoms. The summed E-state index contributed by atoms with van der Waals surface area (Å²) in [4.78, 5) is 33.4. The SMILES string of the molecule is Cc1[nH]c2c(F)ccc(C)c2c1CCNC(=O)c1cc2cc(C(=O)NCCN(C)C)ccc2[nH]1. The van der Waals surface area contributed by atoms with Gasteiger partial charge in [0.1, 0.15) is 11.5 Å². The second-order valence-electron chi connectivity index (χ2n) is 8.89. The lowest BCUT2D eigenvalue weighted by atomic mass is 10.0. The third kappa shape index (κ3) is 4.82. The molecule has 0 radical (unpaired) electrons. The van der Waals surface area contributed by atoms with Crippen molar-refractivity contribution >= 4 is 33.6 Å². The zero-order valence-electron chi connectivity index (χ0n) is 19.9. The Morgan fingerprint density at radius 3 is 2.50 bits per heavy atom. The van der Waals surface area contributed by atoms with Crippen molar-refractivity contribution in [3.8, 4) is 0 Å². The number of fused-ring (bicyclic) bond motifs is 2. The average molecular weight is 464 g/mol. The fraction of sp³-hybridized carbons (Fsp3) is 0.308. The van der Waals surface area contributed by atoms with Gasteiger partial charge >= 0.3 is 0 Å². The Labute approximate surface area is 197 Å². The molecule has 4 aromatic rings. The van der Waals surface area contributed by atoms with E-state index >= 15 is 0 Å². The van der Waals surface area contributed by atoms with Gasteiger partial charge in [0, 0.05) is 47.2 Å². The van der Waals surface area contributed by atoms with Crippen LogP contribution in [0.4, 0.5) is 4.39 Å². The molecule has 0 bridgehead atoms. The molecule has 34 heavy (non-hydrogen) atoms. The smallest absolute Gasteiger partial charge is 0.267 e. The summed E-state index contributed by atoms with van der Waals surface area (Å²) in [7, 11) is 3.90. The van der Waals surface area contributed by atoms with Crippen LogP contribution in [0.25, 0.3) is 21.8 Å². The van der Waals surface area contributed by atoms with Crippen LogP contribution in [0.1, 0.15) is 37.7 Å². The fourth-order valence-corrected chi connectivity index (χ4v) is 4.24. The number of hydrogen-bond acceptors (Lipinski definition) is 3. The van der Waals surface area contributed by atoms with Gasteiger partial charge in [0.2, 0.25) is 0 Å². The summed E-state index contributed by atoms with van der Waals surface area (Å²) in [6.45, 7) is 5.61. The number of nitrogens with one attached hydrogen (secondary N) is 4. The number of aryl methyl sites for hydroxylation is 2. The number of aromatic amines is 2. The second kappa shape index (κ2) is 9.69. The summed E-state index contributed by atoms with van der Waals surface area (Å²) in [5, 5.41) is 7.51. The van der Waals surface area contributed by atoms with Gasteiger partial charge in [-0.15, -0.1) is 0 Å². The van der Waals surface area contributed by atoms with Crippen molar-refractivity contribution in [3.05, 3.63) is 70.3 Å².